The maximum absolute atomic E-state index is 12.8. The Morgan fingerprint density at radius 2 is 1.46 bits per heavy atom. The van der Waals surface area contributed by atoms with Gasteiger partial charge in [-0.15, -0.1) is 0 Å². The van der Waals surface area contributed by atoms with E-state index in [0.717, 1.165) is 0 Å². The van der Waals surface area contributed by atoms with Crippen molar-refractivity contribution in [3.63, 3.8) is 0 Å². The van der Waals surface area contributed by atoms with Crippen LogP contribution in [0.1, 0.15) is 10.4 Å². The molecule has 1 aliphatic heterocycles. The zero-order valence-corrected chi connectivity index (χ0v) is 20.9. The number of hydrogen-bond acceptors (Lipinski definition) is 9. The predicted molar refractivity (Wildman–Crippen MR) is 134 cm³/mol. The van der Waals surface area contributed by atoms with E-state index in [4.69, 9.17) is 33.2 Å². The Hall–Kier alpha value is -4.11. The Balaban J connectivity index is 1.49. The van der Waals surface area contributed by atoms with Crippen molar-refractivity contribution in [3.05, 3.63) is 72.3 Å². The first-order valence-corrected chi connectivity index (χ1v) is 11.7. The Bertz CT molecular complexity index is 1200. The van der Waals surface area contributed by atoms with E-state index in [-0.39, 0.29) is 35.5 Å². The molecular formula is C28H30O9. The van der Waals surface area contributed by atoms with E-state index >= 15 is 0 Å². The van der Waals surface area contributed by atoms with Crippen LogP contribution >= 0.6 is 0 Å². The summed E-state index contributed by atoms with van der Waals surface area (Å²) in [4.78, 5) is 12.8. The van der Waals surface area contributed by atoms with Crippen LogP contribution in [0.3, 0.4) is 0 Å². The van der Waals surface area contributed by atoms with E-state index in [1.807, 2.05) is 36.4 Å². The number of carbonyl (C=O) groups excluding carboxylic acids is 1. The van der Waals surface area contributed by atoms with Crippen LogP contribution in [0.25, 0.3) is 0 Å². The molecule has 4 rings (SSSR count). The number of benzene rings is 3. The minimum atomic E-state index is -0.704. The number of esters is 1. The number of phenolic OH excluding ortho intramolecular Hbond substituents is 1. The van der Waals surface area contributed by atoms with Gasteiger partial charge in [-0.2, -0.15) is 0 Å². The van der Waals surface area contributed by atoms with Crippen molar-refractivity contribution >= 4 is 5.97 Å². The fourth-order valence-electron chi connectivity index (χ4n) is 4.03. The average Bonchev–Trinajstić information content (AvgIpc) is 3.32. The van der Waals surface area contributed by atoms with E-state index in [0.29, 0.717) is 36.2 Å². The number of aromatic hydroxyl groups is 1. The van der Waals surface area contributed by atoms with Gasteiger partial charge in [0.1, 0.15) is 6.61 Å². The summed E-state index contributed by atoms with van der Waals surface area (Å²) in [5.41, 5.74) is 0.248. The summed E-state index contributed by atoms with van der Waals surface area (Å²) in [6.07, 6.45) is -0.704. The molecule has 1 saturated heterocycles. The van der Waals surface area contributed by atoms with Gasteiger partial charge < -0.3 is 38.3 Å². The van der Waals surface area contributed by atoms with E-state index in [1.54, 1.807) is 26.4 Å². The molecule has 1 heterocycles. The number of para-hydroxylation sites is 4. The van der Waals surface area contributed by atoms with Crippen molar-refractivity contribution in [1.29, 1.82) is 0 Å². The van der Waals surface area contributed by atoms with Gasteiger partial charge in [0, 0.05) is 5.92 Å². The highest BCUT2D eigenvalue weighted by Gasteiger charge is 2.41. The number of ether oxygens (including phenoxy) is 7. The van der Waals surface area contributed by atoms with Gasteiger partial charge in [0.2, 0.25) is 6.29 Å². The third-order valence-corrected chi connectivity index (χ3v) is 6.09. The van der Waals surface area contributed by atoms with Crippen molar-refractivity contribution < 1.29 is 43.1 Å². The second kappa shape index (κ2) is 12.2. The van der Waals surface area contributed by atoms with Crippen LogP contribution < -0.4 is 23.7 Å². The smallest absolute Gasteiger partial charge is 0.338 e. The van der Waals surface area contributed by atoms with Gasteiger partial charge >= 0.3 is 5.97 Å². The van der Waals surface area contributed by atoms with Crippen molar-refractivity contribution in [2.75, 3.05) is 41.2 Å². The second-order valence-corrected chi connectivity index (χ2v) is 8.34. The summed E-state index contributed by atoms with van der Waals surface area (Å²) in [6, 6.07) is 18.9. The van der Waals surface area contributed by atoms with Gasteiger partial charge in [-0.3, -0.25) is 0 Å². The normalized spacial score (nSPS) is 18.6. The van der Waals surface area contributed by atoms with Crippen molar-refractivity contribution in [2.45, 2.75) is 6.29 Å². The summed E-state index contributed by atoms with van der Waals surface area (Å²) in [5, 5.41) is 9.82. The monoisotopic (exact) mass is 510 g/mol. The first kappa shape index (κ1) is 26.0. The lowest BCUT2D eigenvalue weighted by molar-refractivity contribution is -0.0745. The molecule has 1 fully saturated rings. The van der Waals surface area contributed by atoms with Gasteiger partial charge in [-0.25, -0.2) is 4.79 Å². The van der Waals surface area contributed by atoms with Gasteiger partial charge in [0.25, 0.3) is 0 Å². The number of rotatable bonds is 11. The third kappa shape index (κ3) is 6.18. The van der Waals surface area contributed by atoms with E-state index in [2.05, 4.69) is 0 Å². The lowest BCUT2D eigenvalue weighted by Gasteiger charge is -2.24. The van der Waals surface area contributed by atoms with Crippen LogP contribution in [0.15, 0.2) is 66.7 Å². The molecule has 1 aliphatic rings. The Labute approximate surface area is 215 Å². The number of hydrogen-bond donors (Lipinski definition) is 1. The molecule has 37 heavy (non-hydrogen) atoms. The quantitative estimate of drug-likeness (QED) is 0.378. The molecule has 3 aromatic carbocycles. The van der Waals surface area contributed by atoms with Crippen LogP contribution in [-0.2, 0) is 9.47 Å². The Morgan fingerprint density at radius 3 is 2.14 bits per heavy atom. The van der Waals surface area contributed by atoms with E-state index in [9.17, 15) is 9.90 Å². The summed E-state index contributed by atoms with van der Waals surface area (Å²) in [7, 11) is 4.55. The summed E-state index contributed by atoms with van der Waals surface area (Å²) < 4.78 is 39.7. The lowest BCUT2D eigenvalue weighted by Crippen LogP contribution is -2.33. The summed E-state index contributed by atoms with van der Waals surface area (Å²) >= 11 is 0. The number of methoxy groups -OCH3 is 3. The highest BCUT2D eigenvalue weighted by atomic mass is 16.7. The predicted octanol–water partition coefficient (Wildman–Crippen LogP) is 4.32. The first-order valence-electron chi connectivity index (χ1n) is 11.7. The molecule has 3 aromatic rings. The average molecular weight is 511 g/mol. The molecule has 196 valence electrons. The van der Waals surface area contributed by atoms with Crippen molar-refractivity contribution in [1.82, 2.24) is 0 Å². The molecule has 0 aliphatic carbocycles. The molecule has 0 saturated carbocycles. The fraction of sp³-hybridized carbons (Fsp3) is 0.321. The molecule has 0 spiro atoms. The molecule has 0 aromatic heterocycles. The minimum Gasteiger partial charge on any atom is -0.504 e. The molecule has 9 nitrogen and oxygen atoms in total. The standard InChI is InChI=1S/C28H30O9/c1-31-22-8-4-6-10-24(22)34-15-19-16-36-28(37-25-11-7-5-9-23(25)32-2)20(19)17-35-27(30)18-12-13-21(29)26(14-18)33-3/h4-14,19-20,28-29H,15-17H2,1-3H3/t19-,20-,28-/m0/s1. The maximum atomic E-state index is 12.8. The SMILES string of the molecule is COc1cc(C(=O)OC[C@H]2[C@@H](COc3ccccc3OC)CO[C@H]2Oc2ccccc2OC)ccc1O. The molecule has 0 bridgehead atoms. The van der Waals surface area contributed by atoms with Crippen LogP contribution in [0, 0.1) is 11.8 Å². The van der Waals surface area contributed by atoms with Gasteiger partial charge in [0.05, 0.1) is 46.0 Å². The third-order valence-electron chi connectivity index (χ3n) is 6.09. The lowest BCUT2D eigenvalue weighted by atomic mass is 9.96. The highest BCUT2D eigenvalue weighted by Crippen LogP contribution is 2.35. The van der Waals surface area contributed by atoms with Crippen LogP contribution in [0.2, 0.25) is 0 Å². The van der Waals surface area contributed by atoms with Crippen LogP contribution in [0.5, 0.6) is 34.5 Å². The Kier molecular flexibility index (Phi) is 8.58. The summed E-state index contributed by atoms with van der Waals surface area (Å²) in [6.45, 7) is 0.646. The fourth-order valence-corrected chi connectivity index (χ4v) is 4.03. The topological polar surface area (TPSA) is 102 Å². The molecule has 3 atom stereocenters. The van der Waals surface area contributed by atoms with E-state index in [1.165, 1.54) is 25.3 Å². The van der Waals surface area contributed by atoms with Gasteiger partial charge in [0.15, 0.2) is 34.5 Å². The Morgan fingerprint density at radius 1 is 0.838 bits per heavy atom. The van der Waals surface area contributed by atoms with E-state index < -0.39 is 12.3 Å². The maximum Gasteiger partial charge on any atom is 0.338 e. The number of carbonyl (C=O) groups is 1. The zero-order chi connectivity index (χ0) is 26.2. The first-order chi connectivity index (χ1) is 18.0. The summed E-state index contributed by atoms with van der Waals surface area (Å²) in [5.74, 6) is 1.35. The largest absolute Gasteiger partial charge is 0.504 e. The van der Waals surface area contributed by atoms with Crippen LogP contribution in [0.4, 0.5) is 0 Å². The highest BCUT2D eigenvalue weighted by molar-refractivity contribution is 5.90. The molecule has 0 unspecified atom stereocenters. The zero-order valence-electron chi connectivity index (χ0n) is 20.9. The molecule has 9 heteroatoms. The van der Waals surface area contributed by atoms with Gasteiger partial charge in [-0.05, 0) is 42.5 Å². The van der Waals surface area contributed by atoms with Crippen LogP contribution in [-0.4, -0.2) is 58.5 Å². The van der Waals surface area contributed by atoms with Crippen molar-refractivity contribution in [2.24, 2.45) is 11.8 Å². The molecule has 1 N–H and O–H groups in total. The van der Waals surface area contributed by atoms with Crippen molar-refractivity contribution in [3.8, 4) is 34.5 Å². The molecular weight excluding hydrogens is 480 g/mol. The molecule has 0 radical (unpaired) electrons. The van der Waals surface area contributed by atoms with Gasteiger partial charge in [-0.1, -0.05) is 24.3 Å². The molecule has 0 amide bonds. The minimum absolute atomic E-state index is 0.0157. The number of phenols is 1. The second-order valence-electron chi connectivity index (χ2n) is 8.34.